The molecule has 0 unspecified atom stereocenters. The summed E-state index contributed by atoms with van der Waals surface area (Å²) < 4.78 is 27.6. The average molecular weight is 385 g/mol. The van der Waals surface area contributed by atoms with E-state index in [0.717, 1.165) is 11.3 Å². The molecule has 24 heavy (non-hydrogen) atoms. The molecule has 0 bridgehead atoms. The largest absolute Gasteiger partial charge is 0.312 e. The van der Waals surface area contributed by atoms with Gasteiger partial charge in [0.2, 0.25) is 5.91 Å². The number of nitrogens with one attached hydrogen (secondary N) is 1. The van der Waals surface area contributed by atoms with Gasteiger partial charge in [-0.25, -0.2) is 8.42 Å². The van der Waals surface area contributed by atoms with E-state index in [9.17, 15) is 13.2 Å². The molecule has 1 aliphatic rings. The fraction of sp³-hybridized carbons (Fsp3) is 0.188. The fourth-order valence-electron chi connectivity index (χ4n) is 2.65. The minimum Gasteiger partial charge on any atom is -0.312 e. The first kappa shape index (κ1) is 17.1. The van der Waals surface area contributed by atoms with Crippen LogP contribution in [-0.4, -0.2) is 20.9 Å². The van der Waals surface area contributed by atoms with Gasteiger partial charge in [0.15, 0.2) is 0 Å². The zero-order chi connectivity index (χ0) is 17.5. The van der Waals surface area contributed by atoms with Gasteiger partial charge in [-0.2, -0.15) is 0 Å². The lowest BCUT2D eigenvalue weighted by Crippen LogP contribution is -2.25. The van der Waals surface area contributed by atoms with E-state index in [1.807, 2.05) is 0 Å². The number of anilines is 2. The second-order valence-electron chi connectivity index (χ2n) is 5.44. The van der Waals surface area contributed by atoms with Crippen molar-refractivity contribution in [3.8, 4) is 0 Å². The van der Waals surface area contributed by atoms with Crippen LogP contribution in [0.3, 0.4) is 0 Å². The molecule has 0 aliphatic carbocycles. The number of nitrogens with zero attached hydrogens (tertiary/aromatic N) is 1. The number of hydrogen-bond acceptors (Lipinski definition) is 3. The van der Waals surface area contributed by atoms with Gasteiger partial charge in [-0.15, -0.1) is 0 Å². The number of benzene rings is 2. The summed E-state index contributed by atoms with van der Waals surface area (Å²) in [5.74, 6) is -0.0598. The maximum absolute atomic E-state index is 12.6. The van der Waals surface area contributed by atoms with Crippen molar-refractivity contribution in [3.05, 3.63) is 52.0 Å². The zero-order valence-corrected chi connectivity index (χ0v) is 15.0. The molecule has 1 aliphatic heterocycles. The summed E-state index contributed by atoms with van der Waals surface area (Å²) in [6, 6.07) is 9.25. The Bertz CT molecular complexity index is 929. The molecule has 0 radical (unpaired) electrons. The van der Waals surface area contributed by atoms with Crippen LogP contribution in [0.4, 0.5) is 11.4 Å². The second kappa shape index (κ2) is 6.27. The van der Waals surface area contributed by atoms with Crippen molar-refractivity contribution >= 4 is 50.5 Å². The van der Waals surface area contributed by atoms with Gasteiger partial charge in [0.05, 0.1) is 15.6 Å². The lowest BCUT2D eigenvalue weighted by atomic mass is 10.2. The quantitative estimate of drug-likeness (QED) is 0.876. The number of hydrogen-bond donors (Lipinski definition) is 1. The van der Waals surface area contributed by atoms with Crippen LogP contribution in [-0.2, 0) is 21.2 Å². The summed E-state index contributed by atoms with van der Waals surface area (Å²) in [6.07, 6.45) is 0.625. The lowest BCUT2D eigenvalue weighted by Gasteiger charge is -2.15. The van der Waals surface area contributed by atoms with Crippen molar-refractivity contribution in [1.82, 2.24) is 0 Å². The highest BCUT2D eigenvalue weighted by Gasteiger charge is 2.25. The fourth-order valence-corrected chi connectivity index (χ4v) is 4.29. The van der Waals surface area contributed by atoms with Gasteiger partial charge < -0.3 is 4.90 Å². The van der Waals surface area contributed by atoms with Crippen molar-refractivity contribution in [1.29, 1.82) is 0 Å². The predicted molar refractivity (Wildman–Crippen MR) is 95.4 cm³/mol. The highest BCUT2D eigenvalue weighted by Crippen LogP contribution is 2.32. The van der Waals surface area contributed by atoms with Gasteiger partial charge in [-0.1, -0.05) is 23.2 Å². The minimum atomic E-state index is -3.79. The van der Waals surface area contributed by atoms with Gasteiger partial charge in [0, 0.05) is 24.2 Å². The van der Waals surface area contributed by atoms with E-state index in [4.69, 9.17) is 23.2 Å². The topological polar surface area (TPSA) is 66.5 Å². The Hall–Kier alpha value is -1.76. The molecule has 1 amide bonds. The molecule has 0 spiro atoms. The molecule has 126 valence electrons. The number of halogens is 2. The van der Waals surface area contributed by atoms with Crippen LogP contribution in [0.2, 0.25) is 10.0 Å². The van der Waals surface area contributed by atoms with Crippen LogP contribution in [0.1, 0.15) is 12.5 Å². The molecule has 1 N–H and O–H groups in total. The van der Waals surface area contributed by atoms with E-state index in [1.54, 1.807) is 23.1 Å². The SMILES string of the molecule is CC(=O)N1CCc2cc(S(=O)(=O)Nc3ccc(Cl)cc3Cl)ccc21. The summed E-state index contributed by atoms with van der Waals surface area (Å²) in [5, 5.41) is 0.639. The van der Waals surface area contributed by atoms with Gasteiger partial charge in [-0.3, -0.25) is 9.52 Å². The van der Waals surface area contributed by atoms with E-state index in [1.165, 1.54) is 25.1 Å². The molecule has 2 aromatic rings. The molecular weight excluding hydrogens is 371 g/mol. The number of carbonyl (C=O) groups is 1. The third kappa shape index (κ3) is 3.22. The number of sulfonamides is 1. The van der Waals surface area contributed by atoms with Gasteiger partial charge in [-0.05, 0) is 48.4 Å². The summed E-state index contributed by atoms with van der Waals surface area (Å²) in [6.45, 7) is 2.05. The summed E-state index contributed by atoms with van der Waals surface area (Å²) >= 11 is 11.8. The molecule has 3 rings (SSSR count). The number of rotatable bonds is 3. The van der Waals surface area contributed by atoms with Crippen LogP contribution in [0.25, 0.3) is 0 Å². The number of amides is 1. The Morgan fingerprint density at radius 2 is 1.92 bits per heavy atom. The Kier molecular flexibility index (Phi) is 4.46. The Morgan fingerprint density at radius 1 is 1.17 bits per heavy atom. The standard InChI is InChI=1S/C16H14Cl2N2O3S/c1-10(21)20-7-6-11-8-13(3-5-16(11)20)24(22,23)19-15-4-2-12(17)9-14(15)18/h2-5,8-9,19H,6-7H2,1H3. The first-order valence-electron chi connectivity index (χ1n) is 7.17. The van der Waals surface area contributed by atoms with Crippen LogP contribution >= 0.6 is 23.2 Å². The second-order valence-corrected chi connectivity index (χ2v) is 7.97. The molecule has 0 saturated carbocycles. The van der Waals surface area contributed by atoms with Gasteiger partial charge in [0.25, 0.3) is 10.0 Å². The average Bonchev–Trinajstić information content (AvgIpc) is 2.93. The van der Waals surface area contributed by atoms with Crippen molar-refractivity contribution in [2.24, 2.45) is 0 Å². The van der Waals surface area contributed by atoms with E-state index >= 15 is 0 Å². The molecule has 0 fully saturated rings. The van der Waals surface area contributed by atoms with Crippen LogP contribution in [0.5, 0.6) is 0 Å². The first-order valence-corrected chi connectivity index (χ1v) is 9.41. The van der Waals surface area contributed by atoms with E-state index in [0.29, 0.717) is 18.0 Å². The van der Waals surface area contributed by atoms with Crippen LogP contribution in [0.15, 0.2) is 41.3 Å². The van der Waals surface area contributed by atoms with Crippen molar-refractivity contribution < 1.29 is 13.2 Å². The summed E-state index contributed by atoms with van der Waals surface area (Å²) in [7, 11) is -3.79. The van der Waals surface area contributed by atoms with Gasteiger partial charge in [0.1, 0.15) is 0 Å². The molecule has 5 nitrogen and oxygen atoms in total. The lowest BCUT2D eigenvalue weighted by molar-refractivity contribution is -0.116. The highest BCUT2D eigenvalue weighted by molar-refractivity contribution is 7.92. The molecular formula is C16H14Cl2N2O3S. The third-order valence-corrected chi connectivity index (χ3v) is 5.72. The Balaban J connectivity index is 1.92. The van der Waals surface area contributed by atoms with E-state index in [2.05, 4.69) is 4.72 Å². The van der Waals surface area contributed by atoms with Crippen molar-refractivity contribution in [2.75, 3.05) is 16.2 Å². The molecule has 2 aromatic carbocycles. The monoisotopic (exact) mass is 384 g/mol. The highest BCUT2D eigenvalue weighted by atomic mass is 35.5. The summed E-state index contributed by atoms with van der Waals surface area (Å²) in [4.78, 5) is 13.3. The maximum Gasteiger partial charge on any atom is 0.261 e. The molecule has 0 atom stereocenters. The third-order valence-electron chi connectivity index (χ3n) is 3.81. The molecule has 8 heteroatoms. The van der Waals surface area contributed by atoms with E-state index in [-0.39, 0.29) is 21.5 Å². The summed E-state index contributed by atoms with van der Waals surface area (Å²) in [5.41, 5.74) is 1.84. The first-order chi connectivity index (χ1) is 11.3. The van der Waals surface area contributed by atoms with Crippen LogP contribution < -0.4 is 9.62 Å². The smallest absolute Gasteiger partial charge is 0.261 e. The molecule has 0 saturated heterocycles. The van der Waals surface area contributed by atoms with E-state index < -0.39 is 10.0 Å². The number of fused-ring (bicyclic) bond motifs is 1. The van der Waals surface area contributed by atoms with Crippen molar-refractivity contribution in [3.63, 3.8) is 0 Å². The molecule has 1 heterocycles. The number of carbonyl (C=O) groups excluding carboxylic acids is 1. The Labute approximate surface area is 150 Å². The zero-order valence-electron chi connectivity index (χ0n) is 12.7. The normalized spacial score (nSPS) is 13.7. The molecule has 0 aromatic heterocycles. The predicted octanol–water partition coefficient (Wildman–Crippen LogP) is 3.70. The minimum absolute atomic E-state index is 0.0598. The maximum atomic E-state index is 12.6. The van der Waals surface area contributed by atoms with Crippen LogP contribution in [0, 0.1) is 0 Å². The Morgan fingerprint density at radius 3 is 2.58 bits per heavy atom. The van der Waals surface area contributed by atoms with Crippen molar-refractivity contribution in [2.45, 2.75) is 18.2 Å². The van der Waals surface area contributed by atoms with Gasteiger partial charge >= 0.3 is 0 Å².